The standard InChI is InChI=1S/C20H27N5O2/c1-13-12-16-18(14(2)27-13)23-24(3)19(16)20(26)25-10-7-15(8-11-25)22-17-6-4-5-9-21-17/h4-6,9,13-15H,7-8,10-12H2,1-3H3,(H,21,22)/t13-,14+/m1/s1. The zero-order valence-electron chi connectivity index (χ0n) is 16.2. The minimum Gasteiger partial charge on any atom is -0.369 e. The van der Waals surface area contributed by atoms with Crippen molar-refractivity contribution in [1.29, 1.82) is 0 Å². The maximum atomic E-state index is 13.2. The van der Waals surface area contributed by atoms with Gasteiger partial charge in [-0.25, -0.2) is 4.98 Å². The van der Waals surface area contributed by atoms with Crippen LogP contribution < -0.4 is 5.32 Å². The number of piperidine rings is 1. The molecule has 2 atom stereocenters. The average molecular weight is 369 g/mol. The number of pyridine rings is 1. The summed E-state index contributed by atoms with van der Waals surface area (Å²) in [5.74, 6) is 0.981. The van der Waals surface area contributed by atoms with Gasteiger partial charge in [0.1, 0.15) is 11.5 Å². The number of amides is 1. The first-order valence-electron chi connectivity index (χ1n) is 9.71. The Morgan fingerprint density at radius 1 is 1.26 bits per heavy atom. The van der Waals surface area contributed by atoms with Gasteiger partial charge in [-0.1, -0.05) is 6.07 Å². The number of carbonyl (C=O) groups excluding carboxylic acids is 1. The van der Waals surface area contributed by atoms with E-state index in [1.807, 2.05) is 37.1 Å². The molecule has 1 amide bonds. The molecular weight excluding hydrogens is 342 g/mol. The Morgan fingerprint density at radius 3 is 2.74 bits per heavy atom. The molecule has 7 heteroatoms. The lowest BCUT2D eigenvalue weighted by Gasteiger charge is -2.33. The number of hydrogen-bond donors (Lipinski definition) is 1. The second kappa shape index (κ2) is 7.31. The Hall–Kier alpha value is -2.41. The molecule has 0 aliphatic carbocycles. The molecule has 1 N–H and O–H groups in total. The van der Waals surface area contributed by atoms with Crippen molar-refractivity contribution < 1.29 is 9.53 Å². The Morgan fingerprint density at radius 2 is 2.04 bits per heavy atom. The summed E-state index contributed by atoms with van der Waals surface area (Å²) in [6.45, 7) is 5.54. The summed E-state index contributed by atoms with van der Waals surface area (Å²) in [4.78, 5) is 19.5. The molecular formula is C20H27N5O2. The average Bonchev–Trinajstić information content (AvgIpc) is 2.99. The Kier molecular flexibility index (Phi) is 4.86. The largest absolute Gasteiger partial charge is 0.369 e. The van der Waals surface area contributed by atoms with Crippen LogP contribution in [0.2, 0.25) is 0 Å². The van der Waals surface area contributed by atoms with Crippen LogP contribution in [0.4, 0.5) is 5.82 Å². The van der Waals surface area contributed by atoms with Crippen molar-refractivity contribution in [2.45, 2.75) is 51.4 Å². The van der Waals surface area contributed by atoms with E-state index in [1.54, 1.807) is 10.9 Å². The molecule has 0 bridgehead atoms. The van der Waals surface area contributed by atoms with Crippen LogP contribution in [0.5, 0.6) is 0 Å². The minimum atomic E-state index is -0.0650. The highest BCUT2D eigenvalue weighted by molar-refractivity contribution is 5.94. The summed E-state index contributed by atoms with van der Waals surface area (Å²) in [5, 5.41) is 8.04. The summed E-state index contributed by atoms with van der Waals surface area (Å²) in [5.41, 5.74) is 2.69. The van der Waals surface area contributed by atoms with Crippen molar-refractivity contribution in [2.75, 3.05) is 18.4 Å². The normalized spacial score (nSPS) is 23.1. The quantitative estimate of drug-likeness (QED) is 0.900. The second-order valence-corrected chi connectivity index (χ2v) is 7.55. The van der Waals surface area contributed by atoms with Crippen LogP contribution in [0.25, 0.3) is 0 Å². The fraction of sp³-hybridized carbons (Fsp3) is 0.550. The zero-order chi connectivity index (χ0) is 19.0. The molecule has 1 saturated heterocycles. The van der Waals surface area contributed by atoms with E-state index < -0.39 is 0 Å². The first-order chi connectivity index (χ1) is 13.0. The summed E-state index contributed by atoms with van der Waals surface area (Å²) < 4.78 is 7.60. The summed E-state index contributed by atoms with van der Waals surface area (Å²) in [6, 6.07) is 6.21. The summed E-state index contributed by atoms with van der Waals surface area (Å²) >= 11 is 0. The van der Waals surface area contributed by atoms with Gasteiger partial charge in [-0.15, -0.1) is 0 Å². The summed E-state index contributed by atoms with van der Waals surface area (Å²) in [6.07, 6.45) is 4.41. The van der Waals surface area contributed by atoms with E-state index in [0.717, 1.165) is 55.1 Å². The predicted octanol–water partition coefficient (Wildman–Crippen LogP) is 2.55. The molecule has 1 fully saturated rings. The van der Waals surface area contributed by atoms with E-state index in [0.29, 0.717) is 6.04 Å². The maximum Gasteiger partial charge on any atom is 0.272 e. The van der Waals surface area contributed by atoms with Crippen molar-refractivity contribution in [3.05, 3.63) is 41.3 Å². The first-order valence-corrected chi connectivity index (χ1v) is 9.71. The number of anilines is 1. The Bertz CT molecular complexity index is 811. The van der Waals surface area contributed by atoms with Crippen molar-refractivity contribution >= 4 is 11.7 Å². The van der Waals surface area contributed by atoms with Crippen molar-refractivity contribution in [1.82, 2.24) is 19.7 Å². The highest BCUT2D eigenvalue weighted by atomic mass is 16.5. The molecule has 0 radical (unpaired) electrons. The van der Waals surface area contributed by atoms with E-state index in [2.05, 4.69) is 22.3 Å². The fourth-order valence-electron chi connectivity index (χ4n) is 4.17. The minimum absolute atomic E-state index is 0.0650. The van der Waals surface area contributed by atoms with Crippen LogP contribution >= 0.6 is 0 Å². The number of rotatable bonds is 3. The van der Waals surface area contributed by atoms with Gasteiger partial charge in [-0.2, -0.15) is 5.10 Å². The molecule has 27 heavy (non-hydrogen) atoms. The van der Waals surface area contributed by atoms with Gasteiger partial charge in [0, 0.05) is 44.4 Å². The molecule has 2 aliphatic heterocycles. The third-order valence-corrected chi connectivity index (χ3v) is 5.49. The lowest BCUT2D eigenvalue weighted by Crippen LogP contribution is -2.43. The zero-order valence-corrected chi connectivity index (χ0v) is 16.2. The molecule has 144 valence electrons. The number of ether oxygens (including phenoxy) is 1. The van der Waals surface area contributed by atoms with E-state index in [9.17, 15) is 4.79 Å². The molecule has 0 saturated carbocycles. The molecule has 7 nitrogen and oxygen atoms in total. The number of carbonyl (C=O) groups is 1. The van der Waals surface area contributed by atoms with Crippen LogP contribution in [-0.4, -0.2) is 50.8 Å². The molecule has 0 spiro atoms. The molecule has 2 aliphatic rings. The lowest BCUT2D eigenvalue weighted by atomic mass is 9.98. The topological polar surface area (TPSA) is 72.3 Å². The van der Waals surface area contributed by atoms with Gasteiger partial charge in [-0.3, -0.25) is 9.48 Å². The second-order valence-electron chi connectivity index (χ2n) is 7.55. The Labute approximate surface area is 159 Å². The molecule has 2 aromatic heterocycles. The SMILES string of the molecule is C[C@@H]1Cc2c(nn(C)c2C(=O)N2CCC(Nc3ccccn3)CC2)[C@H](C)O1. The smallest absolute Gasteiger partial charge is 0.272 e. The first kappa shape index (κ1) is 18.0. The van der Waals surface area contributed by atoms with Crippen LogP contribution in [0.1, 0.15) is 54.5 Å². The highest BCUT2D eigenvalue weighted by Crippen LogP contribution is 2.32. The van der Waals surface area contributed by atoms with Gasteiger partial charge in [-0.05, 0) is 38.8 Å². The molecule has 4 rings (SSSR count). The predicted molar refractivity (Wildman–Crippen MR) is 103 cm³/mol. The van der Waals surface area contributed by atoms with Gasteiger partial charge in [0.2, 0.25) is 0 Å². The van der Waals surface area contributed by atoms with E-state index in [-0.39, 0.29) is 18.1 Å². The van der Waals surface area contributed by atoms with Crippen LogP contribution in [-0.2, 0) is 18.2 Å². The van der Waals surface area contributed by atoms with E-state index >= 15 is 0 Å². The van der Waals surface area contributed by atoms with Crippen molar-refractivity contribution in [3.8, 4) is 0 Å². The van der Waals surface area contributed by atoms with Crippen molar-refractivity contribution in [2.24, 2.45) is 7.05 Å². The molecule has 2 aromatic rings. The molecule has 4 heterocycles. The van der Waals surface area contributed by atoms with E-state index in [4.69, 9.17) is 4.74 Å². The van der Waals surface area contributed by atoms with Gasteiger partial charge < -0.3 is 15.0 Å². The van der Waals surface area contributed by atoms with Gasteiger partial charge in [0.05, 0.1) is 17.9 Å². The number of nitrogens with one attached hydrogen (secondary N) is 1. The molecule has 0 aromatic carbocycles. The monoisotopic (exact) mass is 369 g/mol. The third kappa shape index (κ3) is 3.56. The number of nitrogens with zero attached hydrogens (tertiary/aromatic N) is 4. The molecule has 0 unspecified atom stereocenters. The highest BCUT2D eigenvalue weighted by Gasteiger charge is 2.34. The lowest BCUT2D eigenvalue weighted by molar-refractivity contribution is -0.00714. The Balaban J connectivity index is 1.44. The van der Waals surface area contributed by atoms with E-state index in [1.165, 1.54) is 0 Å². The van der Waals surface area contributed by atoms with Gasteiger partial charge in [0.15, 0.2) is 0 Å². The number of fused-ring (bicyclic) bond motifs is 1. The fourth-order valence-corrected chi connectivity index (χ4v) is 4.17. The summed E-state index contributed by atoms with van der Waals surface area (Å²) in [7, 11) is 1.86. The number of hydrogen-bond acceptors (Lipinski definition) is 5. The van der Waals surface area contributed by atoms with Crippen LogP contribution in [0.3, 0.4) is 0 Å². The maximum absolute atomic E-state index is 13.2. The van der Waals surface area contributed by atoms with Crippen molar-refractivity contribution in [3.63, 3.8) is 0 Å². The number of aromatic nitrogens is 3. The third-order valence-electron chi connectivity index (χ3n) is 5.49. The number of likely N-dealkylation sites (tertiary alicyclic amines) is 1. The van der Waals surface area contributed by atoms with Crippen LogP contribution in [0.15, 0.2) is 24.4 Å². The van der Waals surface area contributed by atoms with Gasteiger partial charge in [0.25, 0.3) is 5.91 Å². The van der Waals surface area contributed by atoms with Gasteiger partial charge >= 0.3 is 0 Å². The van der Waals surface area contributed by atoms with Crippen LogP contribution in [0, 0.1) is 0 Å². The number of aryl methyl sites for hydroxylation is 1.